The minimum atomic E-state index is -1.08. The quantitative estimate of drug-likeness (QED) is 0.160. The zero-order chi connectivity index (χ0) is 23.2. The summed E-state index contributed by atoms with van der Waals surface area (Å²) in [5, 5.41) is 3.77. The van der Waals surface area contributed by atoms with Crippen LogP contribution < -0.4 is 0 Å². The summed E-state index contributed by atoms with van der Waals surface area (Å²) in [6, 6.07) is 18.9. The first kappa shape index (κ1) is 25.7. The van der Waals surface area contributed by atoms with Gasteiger partial charge in [0.05, 0.1) is 0 Å². The molecule has 0 saturated heterocycles. The first-order valence-corrected chi connectivity index (χ1v) is 20.7. The number of hydrogen-bond acceptors (Lipinski definition) is 0. The number of rotatable bonds is 12. The molecule has 0 saturated carbocycles. The molecular weight excluding hydrogens is 601 g/mol. The van der Waals surface area contributed by atoms with Crippen LogP contribution in [0.3, 0.4) is 0 Å². The summed E-state index contributed by atoms with van der Waals surface area (Å²) in [4.78, 5) is 0. The molecule has 0 radical (unpaired) electrons. The summed E-state index contributed by atoms with van der Waals surface area (Å²) in [5.74, 6) is 0. The Morgan fingerprint density at radius 2 is 0.939 bits per heavy atom. The molecule has 0 amide bonds. The van der Waals surface area contributed by atoms with E-state index in [1.165, 1.54) is 50.3 Å². The molecule has 2 aromatic carbocycles. The van der Waals surface area contributed by atoms with Crippen molar-refractivity contribution >= 4 is 28.0 Å². The van der Waals surface area contributed by atoms with Gasteiger partial charge in [-0.05, 0) is 0 Å². The van der Waals surface area contributed by atoms with E-state index in [9.17, 15) is 0 Å². The summed E-state index contributed by atoms with van der Waals surface area (Å²) in [5.41, 5.74) is 6.47. The first-order chi connectivity index (χ1) is 16.2. The Bertz CT molecular complexity index is 901. The van der Waals surface area contributed by atoms with Gasteiger partial charge in [0.1, 0.15) is 0 Å². The van der Waals surface area contributed by atoms with Crippen molar-refractivity contribution in [3.8, 4) is 0 Å². The molecule has 0 aromatic heterocycles. The molecular formula is C30H40HfP2. The molecule has 0 bridgehead atoms. The predicted octanol–water partition coefficient (Wildman–Crippen LogP) is 9.86. The van der Waals surface area contributed by atoms with Gasteiger partial charge in [-0.15, -0.1) is 0 Å². The van der Waals surface area contributed by atoms with Gasteiger partial charge in [0.25, 0.3) is 0 Å². The maximum absolute atomic E-state index is 2.66. The Morgan fingerprint density at radius 3 is 1.30 bits per heavy atom. The van der Waals surface area contributed by atoms with E-state index >= 15 is 0 Å². The number of fused-ring (bicyclic) bond motifs is 2. The van der Waals surface area contributed by atoms with Crippen molar-refractivity contribution in [2.45, 2.75) is 60.7 Å². The van der Waals surface area contributed by atoms with E-state index in [1.54, 1.807) is 22.3 Å². The Kier molecular flexibility index (Phi) is 9.80. The van der Waals surface area contributed by atoms with E-state index in [2.05, 4.69) is 88.4 Å². The summed E-state index contributed by atoms with van der Waals surface area (Å²) in [6.07, 6.45) is 16.3. The molecule has 0 nitrogen and oxygen atoms in total. The minimum absolute atomic E-state index is 0.0174. The van der Waals surface area contributed by atoms with Gasteiger partial charge in [0, 0.05) is 0 Å². The van der Waals surface area contributed by atoms with Crippen LogP contribution in [0.4, 0.5) is 0 Å². The third-order valence-electron chi connectivity index (χ3n) is 6.85. The van der Waals surface area contributed by atoms with Gasteiger partial charge >= 0.3 is 218 Å². The third-order valence-corrected chi connectivity index (χ3v) is 21.6. The van der Waals surface area contributed by atoms with Gasteiger partial charge in [0.15, 0.2) is 0 Å². The van der Waals surface area contributed by atoms with Crippen LogP contribution in [0.15, 0.2) is 59.2 Å². The Hall–Kier alpha value is -0.350. The Labute approximate surface area is 216 Å². The second-order valence-electron chi connectivity index (χ2n) is 9.40. The van der Waals surface area contributed by atoms with Gasteiger partial charge in [-0.1, -0.05) is 0 Å². The van der Waals surface area contributed by atoms with Crippen LogP contribution in [0, 0.1) is 0 Å². The fraction of sp³-hybridized carbons (Fsp3) is 0.467. The van der Waals surface area contributed by atoms with Crippen molar-refractivity contribution < 1.29 is 22.9 Å². The molecule has 0 aliphatic heterocycles. The first-order valence-electron chi connectivity index (χ1n) is 13.1. The fourth-order valence-electron chi connectivity index (χ4n) is 5.50. The van der Waals surface area contributed by atoms with Gasteiger partial charge in [0.2, 0.25) is 0 Å². The average molecular weight is 641 g/mol. The van der Waals surface area contributed by atoms with Crippen LogP contribution in [-0.4, -0.2) is 24.6 Å². The second-order valence-corrected chi connectivity index (χ2v) is 19.7. The monoisotopic (exact) mass is 642 g/mol. The summed E-state index contributed by atoms with van der Waals surface area (Å²) >= 11 is -1.08. The van der Waals surface area contributed by atoms with Crippen molar-refractivity contribution in [2.24, 2.45) is 0 Å². The molecule has 0 N–H and O–H groups in total. The van der Waals surface area contributed by atoms with E-state index in [1.807, 2.05) is 10.6 Å². The summed E-state index contributed by atoms with van der Waals surface area (Å²) in [6.45, 7) is 9.56. The van der Waals surface area contributed by atoms with Crippen LogP contribution in [0.25, 0.3) is 12.2 Å². The number of benzene rings is 2. The molecule has 0 heterocycles. The van der Waals surface area contributed by atoms with Crippen LogP contribution in [-0.2, 0) is 22.9 Å². The third kappa shape index (κ3) is 5.74. The molecule has 2 aromatic rings. The van der Waals surface area contributed by atoms with Crippen LogP contribution >= 0.6 is 15.8 Å². The Balaban J connectivity index is 1.72. The van der Waals surface area contributed by atoms with Crippen molar-refractivity contribution in [1.29, 1.82) is 0 Å². The zero-order valence-corrected chi connectivity index (χ0v) is 26.4. The van der Waals surface area contributed by atoms with E-state index in [0.29, 0.717) is 0 Å². The van der Waals surface area contributed by atoms with E-state index in [0.717, 1.165) is 7.35 Å². The topological polar surface area (TPSA) is 0 Å². The van der Waals surface area contributed by atoms with Gasteiger partial charge in [-0.3, -0.25) is 0 Å². The molecule has 4 rings (SSSR count). The van der Waals surface area contributed by atoms with Gasteiger partial charge in [-0.25, -0.2) is 0 Å². The molecule has 3 heteroatoms. The number of hydrogen-bond donors (Lipinski definition) is 0. The van der Waals surface area contributed by atoms with Gasteiger partial charge < -0.3 is 0 Å². The maximum atomic E-state index is 2.66. The van der Waals surface area contributed by atoms with Crippen molar-refractivity contribution in [3.05, 3.63) is 81.4 Å². The van der Waals surface area contributed by atoms with Crippen LogP contribution in [0.2, 0.25) is 0 Å². The van der Waals surface area contributed by atoms with Crippen LogP contribution in [0.5, 0.6) is 0 Å². The molecule has 174 valence electrons. The van der Waals surface area contributed by atoms with Crippen molar-refractivity contribution in [3.63, 3.8) is 0 Å². The SMILES string of the molecule is CCCP(CCC)C1=Cc2ccccc2[CH]1[Hf][CH]1C(P(CCC)CCC)=Cc2ccccc21. The summed E-state index contributed by atoms with van der Waals surface area (Å²) < 4.78 is 1.59. The fourth-order valence-corrected chi connectivity index (χ4v) is 22.1. The zero-order valence-electron chi connectivity index (χ0n) is 21.0. The molecule has 2 aliphatic rings. The van der Waals surface area contributed by atoms with Crippen LogP contribution in [0.1, 0.15) is 83.0 Å². The Morgan fingerprint density at radius 1 is 0.576 bits per heavy atom. The van der Waals surface area contributed by atoms with Crippen molar-refractivity contribution in [2.75, 3.05) is 24.6 Å². The normalized spacial score (nSPS) is 19.0. The molecule has 33 heavy (non-hydrogen) atoms. The molecule has 2 aliphatic carbocycles. The number of allylic oxidation sites excluding steroid dienone is 2. The molecule has 2 atom stereocenters. The molecule has 0 spiro atoms. The molecule has 0 fully saturated rings. The van der Waals surface area contributed by atoms with E-state index in [4.69, 9.17) is 0 Å². The summed E-state index contributed by atoms with van der Waals surface area (Å²) in [7, 11) is 0.0348. The second kappa shape index (κ2) is 12.6. The van der Waals surface area contributed by atoms with E-state index in [-0.39, 0.29) is 15.8 Å². The van der Waals surface area contributed by atoms with E-state index < -0.39 is 22.9 Å². The average Bonchev–Trinajstić information content (AvgIpc) is 3.38. The standard InChI is InChI=1S/2C15H20P.Hf/c2*1-3-9-16(10-4-2)15-11-13-7-5-6-8-14(13)12-15;/h2*5-8,11-12H,3-4,9-10H2,1-2H3;. The molecule has 2 unspecified atom stereocenters. The van der Waals surface area contributed by atoms with Crippen molar-refractivity contribution in [1.82, 2.24) is 0 Å². The van der Waals surface area contributed by atoms with Gasteiger partial charge in [-0.2, -0.15) is 0 Å². The predicted molar refractivity (Wildman–Crippen MR) is 149 cm³/mol.